The SMILES string of the molecule is O=C(NC1CCN(CC2COc3ccccc3O2)CC1)C1=CC2CNC3=CC=CC(=C1S(=O)(=O)O)N32. The van der Waals surface area contributed by atoms with Crippen LogP contribution >= 0.6 is 0 Å². The van der Waals surface area contributed by atoms with Gasteiger partial charge in [0.05, 0.1) is 17.3 Å². The standard InChI is InChI=1S/C25H28N4O6S/c30-25(19-12-17-13-26-23-7-3-4-20(29(17)23)24(19)36(31,32)33)27-16-8-10-28(11-9-16)14-18-15-34-21-5-1-2-6-22(21)35-18/h1-7,12,16-18,26H,8-11,13-15H2,(H,27,30)(H,31,32,33). The summed E-state index contributed by atoms with van der Waals surface area (Å²) in [6, 6.07) is 7.34. The van der Waals surface area contributed by atoms with Gasteiger partial charge in [-0.25, -0.2) is 0 Å². The molecule has 0 bridgehead atoms. The number of nitrogens with one attached hydrogen (secondary N) is 2. The molecule has 6 rings (SSSR count). The van der Waals surface area contributed by atoms with Gasteiger partial charge in [0.15, 0.2) is 11.5 Å². The molecule has 11 heteroatoms. The molecule has 0 radical (unpaired) electrons. The van der Waals surface area contributed by atoms with E-state index in [1.807, 2.05) is 30.3 Å². The van der Waals surface area contributed by atoms with E-state index in [2.05, 4.69) is 15.5 Å². The third-order valence-electron chi connectivity index (χ3n) is 7.14. The average molecular weight is 513 g/mol. The van der Waals surface area contributed by atoms with Crippen molar-refractivity contribution in [2.45, 2.75) is 31.0 Å². The van der Waals surface area contributed by atoms with Crippen molar-refractivity contribution in [3.05, 3.63) is 70.6 Å². The molecule has 1 aromatic carbocycles. The third-order valence-corrected chi connectivity index (χ3v) is 8.09. The van der Waals surface area contributed by atoms with Crippen molar-refractivity contribution in [1.82, 2.24) is 20.4 Å². The minimum absolute atomic E-state index is 0.00259. The lowest BCUT2D eigenvalue weighted by molar-refractivity contribution is -0.118. The van der Waals surface area contributed by atoms with E-state index in [4.69, 9.17) is 9.47 Å². The van der Waals surface area contributed by atoms with Gasteiger partial charge in [-0.15, -0.1) is 0 Å². The molecular weight excluding hydrogens is 484 g/mol. The smallest absolute Gasteiger partial charge is 0.297 e. The fourth-order valence-corrected chi connectivity index (χ4v) is 6.33. The minimum atomic E-state index is -4.63. The summed E-state index contributed by atoms with van der Waals surface area (Å²) >= 11 is 0. The van der Waals surface area contributed by atoms with Gasteiger partial charge in [-0.1, -0.05) is 18.2 Å². The summed E-state index contributed by atoms with van der Waals surface area (Å²) in [4.78, 5) is 17.0. The summed E-state index contributed by atoms with van der Waals surface area (Å²) in [7, 11) is -4.63. The number of allylic oxidation sites excluding steroid dienone is 3. The molecule has 0 aliphatic carbocycles. The van der Waals surface area contributed by atoms with Gasteiger partial charge >= 0.3 is 0 Å². The maximum absolute atomic E-state index is 13.3. The number of para-hydroxylation sites is 2. The number of likely N-dealkylation sites (tertiary alicyclic amines) is 1. The van der Waals surface area contributed by atoms with E-state index in [1.165, 1.54) is 0 Å². The van der Waals surface area contributed by atoms with E-state index in [9.17, 15) is 17.8 Å². The number of rotatable bonds is 5. The largest absolute Gasteiger partial charge is 0.486 e. The minimum Gasteiger partial charge on any atom is -0.486 e. The van der Waals surface area contributed by atoms with E-state index < -0.39 is 16.0 Å². The van der Waals surface area contributed by atoms with Crippen molar-refractivity contribution in [2.75, 3.05) is 32.8 Å². The summed E-state index contributed by atoms with van der Waals surface area (Å²) in [5, 5.41) is 6.22. The molecule has 1 amide bonds. The van der Waals surface area contributed by atoms with Crippen LogP contribution in [0.3, 0.4) is 0 Å². The number of benzene rings is 1. The maximum Gasteiger partial charge on any atom is 0.297 e. The highest BCUT2D eigenvalue weighted by molar-refractivity contribution is 7.90. The Morgan fingerprint density at radius 3 is 2.75 bits per heavy atom. The highest BCUT2D eigenvalue weighted by atomic mass is 32.2. The van der Waals surface area contributed by atoms with Crippen molar-refractivity contribution >= 4 is 16.0 Å². The third kappa shape index (κ3) is 4.27. The Kier molecular flexibility index (Phi) is 5.78. The highest BCUT2D eigenvalue weighted by Gasteiger charge is 2.41. The normalized spacial score (nSPS) is 25.6. The number of amides is 1. The summed E-state index contributed by atoms with van der Waals surface area (Å²) in [6.45, 7) is 3.31. The van der Waals surface area contributed by atoms with E-state index in [-0.39, 0.29) is 28.7 Å². The Hall–Kier alpha value is -3.28. The van der Waals surface area contributed by atoms with Gasteiger partial charge in [0, 0.05) is 32.2 Å². The van der Waals surface area contributed by atoms with Gasteiger partial charge in [0.1, 0.15) is 23.4 Å². The van der Waals surface area contributed by atoms with E-state index >= 15 is 0 Å². The van der Waals surface area contributed by atoms with Crippen LogP contribution in [0.2, 0.25) is 0 Å². The van der Waals surface area contributed by atoms with E-state index in [0.29, 0.717) is 18.8 Å². The molecule has 2 fully saturated rings. The second kappa shape index (κ2) is 8.99. The van der Waals surface area contributed by atoms with Gasteiger partial charge in [-0.05, 0) is 43.2 Å². The number of fused-ring (bicyclic) bond motifs is 1. The lowest BCUT2D eigenvalue weighted by Crippen LogP contribution is -2.49. The molecule has 0 aromatic heterocycles. The second-order valence-corrected chi connectivity index (χ2v) is 10.9. The molecule has 3 N–H and O–H groups in total. The Morgan fingerprint density at radius 1 is 1.19 bits per heavy atom. The molecule has 0 spiro atoms. The number of hydrogen-bond acceptors (Lipinski definition) is 8. The first-order valence-corrected chi connectivity index (χ1v) is 13.6. The molecule has 2 unspecified atom stereocenters. The number of piperidine rings is 1. The molecule has 5 aliphatic rings. The average Bonchev–Trinajstić information content (AvgIpc) is 3.28. The van der Waals surface area contributed by atoms with Crippen molar-refractivity contribution in [1.29, 1.82) is 0 Å². The quantitative estimate of drug-likeness (QED) is 0.499. The van der Waals surface area contributed by atoms with Gasteiger partial charge in [-0.2, -0.15) is 8.42 Å². The first kappa shape index (κ1) is 23.1. The lowest BCUT2D eigenvalue weighted by atomic mass is 10.00. The van der Waals surface area contributed by atoms with Crippen LogP contribution < -0.4 is 20.1 Å². The molecule has 5 aliphatic heterocycles. The van der Waals surface area contributed by atoms with Gasteiger partial charge < -0.3 is 25.0 Å². The zero-order valence-electron chi connectivity index (χ0n) is 19.6. The summed E-state index contributed by atoms with van der Waals surface area (Å²) < 4.78 is 46.6. The van der Waals surface area contributed by atoms with Crippen LogP contribution in [0.1, 0.15) is 12.8 Å². The lowest BCUT2D eigenvalue weighted by Gasteiger charge is -2.36. The van der Waals surface area contributed by atoms with Crippen LogP contribution in [-0.4, -0.2) is 79.7 Å². The fraction of sp³-hybridized carbons (Fsp3) is 0.400. The van der Waals surface area contributed by atoms with Crippen LogP contribution in [-0.2, 0) is 14.9 Å². The van der Waals surface area contributed by atoms with Crippen molar-refractivity contribution < 1.29 is 27.2 Å². The predicted molar refractivity (Wildman–Crippen MR) is 131 cm³/mol. The van der Waals surface area contributed by atoms with E-state index in [1.54, 1.807) is 23.1 Å². The zero-order chi connectivity index (χ0) is 24.9. The van der Waals surface area contributed by atoms with E-state index in [0.717, 1.165) is 49.8 Å². The molecule has 2 saturated heterocycles. The van der Waals surface area contributed by atoms with Crippen molar-refractivity contribution in [3.63, 3.8) is 0 Å². The van der Waals surface area contributed by atoms with Crippen molar-refractivity contribution in [3.8, 4) is 11.5 Å². The van der Waals surface area contributed by atoms with Gasteiger partial charge in [-0.3, -0.25) is 14.2 Å². The summed E-state index contributed by atoms with van der Waals surface area (Å²) in [6.07, 6.45) is 8.17. The van der Waals surface area contributed by atoms with Gasteiger partial charge in [0.25, 0.3) is 16.0 Å². The highest BCUT2D eigenvalue weighted by Crippen LogP contribution is 2.37. The molecule has 36 heavy (non-hydrogen) atoms. The molecule has 190 valence electrons. The topological polar surface area (TPSA) is 120 Å². The second-order valence-electron chi connectivity index (χ2n) is 9.54. The van der Waals surface area contributed by atoms with Crippen LogP contribution in [0.4, 0.5) is 0 Å². The first-order valence-electron chi connectivity index (χ1n) is 12.1. The Labute approximate surface area is 209 Å². The Balaban J connectivity index is 1.09. The Morgan fingerprint density at radius 2 is 1.97 bits per heavy atom. The van der Waals surface area contributed by atoms with Crippen LogP contribution in [0.25, 0.3) is 0 Å². The van der Waals surface area contributed by atoms with Gasteiger partial charge in [0.2, 0.25) is 0 Å². The maximum atomic E-state index is 13.3. The fourth-order valence-electron chi connectivity index (χ4n) is 5.46. The van der Waals surface area contributed by atoms with Crippen LogP contribution in [0, 0.1) is 0 Å². The van der Waals surface area contributed by atoms with Crippen molar-refractivity contribution in [2.24, 2.45) is 0 Å². The number of ether oxygens (including phenoxy) is 2. The molecule has 10 nitrogen and oxygen atoms in total. The monoisotopic (exact) mass is 512 g/mol. The predicted octanol–water partition coefficient (Wildman–Crippen LogP) is 1.13. The molecular formula is C25H28N4O6S. The number of nitrogens with zero attached hydrogens (tertiary/aromatic N) is 2. The molecule has 2 atom stereocenters. The molecule has 5 heterocycles. The summed E-state index contributed by atoms with van der Waals surface area (Å²) in [5.74, 6) is 1.79. The van der Waals surface area contributed by atoms with Crippen LogP contribution in [0.5, 0.6) is 11.5 Å². The molecule has 0 saturated carbocycles. The number of hydrogen-bond donors (Lipinski definition) is 3. The number of carbonyl (C=O) groups excluding carboxylic acids is 1. The summed E-state index contributed by atoms with van der Waals surface area (Å²) in [5.41, 5.74) is 0.306. The molecule has 1 aromatic rings. The van der Waals surface area contributed by atoms with Crippen LogP contribution in [0.15, 0.2) is 70.6 Å². The zero-order valence-corrected chi connectivity index (χ0v) is 20.4. The first-order chi connectivity index (χ1) is 17.4. The number of carbonyl (C=O) groups is 1. The Bertz CT molecular complexity index is 1310.